The van der Waals surface area contributed by atoms with Crippen LogP contribution in [0.4, 0.5) is 0 Å². The van der Waals surface area contributed by atoms with Crippen LogP contribution >= 0.6 is 0 Å². The van der Waals surface area contributed by atoms with E-state index in [1.54, 1.807) is 5.57 Å². The lowest BCUT2D eigenvalue weighted by molar-refractivity contribution is 0.411. The third-order valence-electron chi connectivity index (χ3n) is 2.79. The summed E-state index contributed by atoms with van der Waals surface area (Å²) < 4.78 is 0. The largest absolute Gasteiger partial charge is 0.0856 e. The number of rotatable bonds is 6. The molecule has 0 fully saturated rings. The maximum Gasteiger partial charge on any atom is -0.0292 e. The molecule has 0 heteroatoms. The summed E-state index contributed by atoms with van der Waals surface area (Å²) in [6.45, 7) is 11.5. The van der Waals surface area contributed by atoms with E-state index in [-0.39, 0.29) is 0 Å². The predicted octanol–water partition coefficient (Wildman–Crippen LogP) is 4.81. The SMILES string of the molecule is CCC=C(CCC)CC(C)C(C)C. The van der Waals surface area contributed by atoms with Crippen molar-refractivity contribution in [2.24, 2.45) is 11.8 Å². The lowest BCUT2D eigenvalue weighted by atomic mass is 9.89. The summed E-state index contributed by atoms with van der Waals surface area (Å²) in [5.41, 5.74) is 1.67. The fourth-order valence-corrected chi connectivity index (χ4v) is 1.55. The van der Waals surface area contributed by atoms with Gasteiger partial charge in [-0.15, -0.1) is 0 Å². The summed E-state index contributed by atoms with van der Waals surface area (Å²) in [7, 11) is 0. The summed E-state index contributed by atoms with van der Waals surface area (Å²) >= 11 is 0. The maximum absolute atomic E-state index is 2.42. The van der Waals surface area contributed by atoms with E-state index in [4.69, 9.17) is 0 Å². The molecule has 0 nitrogen and oxygen atoms in total. The van der Waals surface area contributed by atoms with Crippen molar-refractivity contribution in [1.29, 1.82) is 0 Å². The van der Waals surface area contributed by atoms with Crippen molar-refractivity contribution in [2.75, 3.05) is 0 Å². The molecule has 0 amide bonds. The van der Waals surface area contributed by atoms with Crippen LogP contribution < -0.4 is 0 Å². The van der Waals surface area contributed by atoms with E-state index in [0.29, 0.717) is 0 Å². The van der Waals surface area contributed by atoms with E-state index in [0.717, 1.165) is 11.8 Å². The fourth-order valence-electron chi connectivity index (χ4n) is 1.55. The summed E-state index contributed by atoms with van der Waals surface area (Å²) in [5, 5.41) is 0. The Hall–Kier alpha value is -0.260. The molecule has 0 heterocycles. The molecular weight excluding hydrogens is 156 g/mol. The zero-order chi connectivity index (χ0) is 10.3. The molecule has 0 saturated heterocycles. The minimum absolute atomic E-state index is 0.817. The molecule has 13 heavy (non-hydrogen) atoms. The summed E-state index contributed by atoms with van der Waals surface area (Å²) in [6.07, 6.45) is 7.50. The molecule has 0 aromatic rings. The van der Waals surface area contributed by atoms with Gasteiger partial charge in [0, 0.05) is 0 Å². The van der Waals surface area contributed by atoms with Gasteiger partial charge in [0.2, 0.25) is 0 Å². The molecule has 0 rings (SSSR count). The van der Waals surface area contributed by atoms with Gasteiger partial charge in [-0.2, -0.15) is 0 Å². The summed E-state index contributed by atoms with van der Waals surface area (Å²) in [6, 6.07) is 0. The molecule has 0 aliphatic carbocycles. The summed E-state index contributed by atoms with van der Waals surface area (Å²) in [5.74, 6) is 1.65. The van der Waals surface area contributed by atoms with Crippen molar-refractivity contribution in [3.63, 3.8) is 0 Å². The lowest BCUT2D eigenvalue weighted by Gasteiger charge is -2.17. The Morgan fingerprint density at radius 3 is 2.15 bits per heavy atom. The Kier molecular flexibility index (Phi) is 7.03. The second-order valence-electron chi connectivity index (χ2n) is 4.45. The molecule has 0 saturated carbocycles. The maximum atomic E-state index is 2.42. The van der Waals surface area contributed by atoms with Gasteiger partial charge in [0.1, 0.15) is 0 Å². The highest BCUT2D eigenvalue weighted by Crippen LogP contribution is 2.22. The molecule has 0 radical (unpaired) electrons. The molecular formula is C13H26. The van der Waals surface area contributed by atoms with Gasteiger partial charge in [-0.1, -0.05) is 52.7 Å². The van der Waals surface area contributed by atoms with Crippen molar-refractivity contribution in [3.05, 3.63) is 11.6 Å². The van der Waals surface area contributed by atoms with Crippen LogP contribution in [0.5, 0.6) is 0 Å². The van der Waals surface area contributed by atoms with Crippen molar-refractivity contribution < 1.29 is 0 Å². The minimum Gasteiger partial charge on any atom is -0.0856 e. The molecule has 78 valence electrons. The lowest BCUT2D eigenvalue weighted by Crippen LogP contribution is -2.05. The summed E-state index contributed by atoms with van der Waals surface area (Å²) in [4.78, 5) is 0. The van der Waals surface area contributed by atoms with Crippen molar-refractivity contribution in [2.45, 2.75) is 60.3 Å². The first kappa shape index (κ1) is 12.7. The smallest absolute Gasteiger partial charge is 0.0292 e. The van der Waals surface area contributed by atoms with Gasteiger partial charge >= 0.3 is 0 Å². The number of hydrogen-bond acceptors (Lipinski definition) is 0. The van der Waals surface area contributed by atoms with E-state index in [1.807, 2.05) is 0 Å². The second kappa shape index (κ2) is 7.17. The zero-order valence-electron chi connectivity index (χ0n) is 10.1. The average molecular weight is 182 g/mol. The molecule has 1 unspecified atom stereocenters. The molecule has 1 atom stereocenters. The van der Waals surface area contributed by atoms with Gasteiger partial charge in [0.05, 0.1) is 0 Å². The van der Waals surface area contributed by atoms with E-state index < -0.39 is 0 Å². The molecule has 0 spiro atoms. The molecule has 0 bridgehead atoms. The topological polar surface area (TPSA) is 0 Å². The van der Waals surface area contributed by atoms with Crippen LogP contribution in [0.15, 0.2) is 11.6 Å². The molecule has 0 aromatic carbocycles. The second-order valence-corrected chi connectivity index (χ2v) is 4.45. The molecule has 0 aliphatic heterocycles. The van der Waals surface area contributed by atoms with Crippen molar-refractivity contribution in [3.8, 4) is 0 Å². The van der Waals surface area contributed by atoms with Crippen molar-refractivity contribution in [1.82, 2.24) is 0 Å². The Balaban J connectivity index is 4.01. The zero-order valence-corrected chi connectivity index (χ0v) is 10.1. The molecule has 0 N–H and O–H groups in total. The highest BCUT2D eigenvalue weighted by Gasteiger charge is 2.08. The van der Waals surface area contributed by atoms with Crippen LogP contribution in [0, 0.1) is 11.8 Å². The Labute approximate surface area is 84.4 Å². The number of hydrogen-bond donors (Lipinski definition) is 0. The predicted molar refractivity (Wildman–Crippen MR) is 61.9 cm³/mol. The van der Waals surface area contributed by atoms with Crippen LogP contribution in [-0.2, 0) is 0 Å². The third-order valence-corrected chi connectivity index (χ3v) is 2.79. The first-order chi connectivity index (χ1) is 6.11. The van der Waals surface area contributed by atoms with Gasteiger partial charge in [-0.3, -0.25) is 0 Å². The fraction of sp³-hybridized carbons (Fsp3) is 0.846. The quantitative estimate of drug-likeness (QED) is 0.517. The van der Waals surface area contributed by atoms with Crippen LogP contribution in [-0.4, -0.2) is 0 Å². The van der Waals surface area contributed by atoms with Crippen LogP contribution in [0.3, 0.4) is 0 Å². The van der Waals surface area contributed by atoms with Gasteiger partial charge in [0.15, 0.2) is 0 Å². The average Bonchev–Trinajstić information content (AvgIpc) is 2.05. The van der Waals surface area contributed by atoms with Crippen LogP contribution in [0.1, 0.15) is 60.3 Å². The van der Waals surface area contributed by atoms with Gasteiger partial charge < -0.3 is 0 Å². The van der Waals surface area contributed by atoms with Gasteiger partial charge in [0.25, 0.3) is 0 Å². The molecule has 0 aliphatic rings. The van der Waals surface area contributed by atoms with Crippen molar-refractivity contribution >= 4 is 0 Å². The highest BCUT2D eigenvalue weighted by atomic mass is 14.1. The molecule has 0 aromatic heterocycles. The standard InChI is InChI=1S/C13H26/c1-6-8-13(9-7-2)10-12(5)11(3)4/h8,11-12H,6-7,9-10H2,1-5H3. The Bertz CT molecular complexity index is 142. The normalized spacial score (nSPS) is 15.1. The Morgan fingerprint density at radius 2 is 1.77 bits per heavy atom. The van der Waals surface area contributed by atoms with Crippen LogP contribution in [0.25, 0.3) is 0 Å². The highest BCUT2D eigenvalue weighted by molar-refractivity contribution is 5.02. The van der Waals surface area contributed by atoms with E-state index in [2.05, 4.69) is 40.7 Å². The Morgan fingerprint density at radius 1 is 1.15 bits per heavy atom. The first-order valence-electron chi connectivity index (χ1n) is 5.79. The minimum atomic E-state index is 0.817. The van der Waals surface area contributed by atoms with E-state index in [9.17, 15) is 0 Å². The third kappa shape index (κ3) is 5.90. The van der Waals surface area contributed by atoms with Gasteiger partial charge in [-0.25, -0.2) is 0 Å². The van der Waals surface area contributed by atoms with E-state index in [1.165, 1.54) is 25.7 Å². The van der Waals surface area contributed by atoms with Crippen LogP contribution in [0.2, 0.25) is 0 Å². The van der Waals surface area contributed by atoms with E-state index >= 15 is 0 Å². The first-order valence-corrected chi connectivity index (χ1v) is 5.79. The van der Waals surface area contributed by atoms with Gasteiger partial charge in [-0.05, 0) is 31.1 Å². The number of allylic oxidation sites excluding steroid dienone is 2. The monoisotopic (exact) mass is 182 g/mol.